The standard InChI is InChI=1S/C27H23ClN4O2S/c1-17-7-9-18(10-8-17)22-15-23(19-11-13-20(28)14-12-19)32(30-22)27(29)35-24-16-25(33)31(26(24)34)21-5-3-2-4-6-21/h2-14,23-24,29H,15-16H2,1H3/t23-,24+/m0/s1. The largest absolute Gasteiger partial charge is 0.277 e. The zero-order valence-corrected chi connectivity index (χ0v) is 20.6. The van der Waals surface area contributed by atoms with E-state index in [1.807, 2.05) is 61.5 Å². The van der Waals surface area contributed by atoms with Gasteiger partial charge >= 0.3 is 0 Å². The molecule has 0 spiro atoms. The van der Waals surface area contributed by atoms with Gasteiger partial charge in [0.05, 0.1) is 17.4 Å². The minimum absolute atomic E-state index is 0.0504. The van der Waals surface area contributed by atoms with Crippen molar-refractivity contribution < 1.29 is 9.59 Å². The minimum atomic E-state index is -0.667. The number of aryl methyl sites for hydroxylation is 1. The Labute approximate surface area is 213 Å². The first-order valence-corrected chi connectivity index (χ1v) is 12.5. The van der Waals surface area contributed by atoms with Gasteiger partial charge in [-0.25, -0.2) is 9.91 Å². The van der Waals surface area contributed by atoms with Crippen LogP contribution in [0.4, 0.5) is 5.69 Å². The van der Waals surface area contributed by atoms with Crippen LogP contribution in [-0.2, 0) is 9.59 Å². The maximum absolute atomic E-state index is 13.1. The summed E-state index contributed by atoms with van der Waals surface area (Å²) in [6.45, 7) is 2.04. The van der Waals surface area contributed by atoms with Gasteiger partial charge in [0.25, 0.3) is 0 Å². The molecule has 176 valence electrons. The molecular weight excluding hydrogens is 480 g/mol. The fraction of sp³-hybridized carbons (Fsp3) is 0.185. The molecular formula is C27H23ClN4O2S. The average Bonchev–Trinajstić information content (AvgIpc) is 3.42. The first kappa shape index (κ1) is 23.3. The maximum atomic E-state index is 13.1. The monoisotopic (exact) mass is 502 g/mol. The summed E-state index contributed by atoms with van der Waals surface area (Å²) in [6.07, 6.45) is 0.663. The van der Waals surface area contributed by atoms with Crippen LogP contribution in [0.1, 0.15) is 35.6 Å². The first-order chi connectivity index (χ1) is 16.9. The molecule has 3 aromatic carbocycles. The number of nitrogens with one attached hydrogen (secondary N) is 1. The summed E-state index contributed by atoms with van der Waals surface area (Å²) in [6, 6.07) is 24.4. The van der Waals surface area contributed by atoms with E-state index in [0.29, 0.717) is 17.1 Å². The van der Waals surface area contributed by atoms with Crippen molar-refractivity contribution in [2.75, 3.05) is 4.90 Å². The number of rotatable bonds is 4. The third-order valence-electron chi connectivity index (χ3n) is 6.13. The molecule has 0 unspecified atom stereocenters. The highest BCUT2D eigenvalue weighted by Gasteiger charge is 2.42. The Morgan fingerprint density at radius 3 is 2.34 bits per heavy atom. The fourth-order valence-electron chi connectivity index (χ4n) is 4.30. The van der Waals surface area contributed by atoms with Gasteiger partial charge in [-0.15, -0.1) is 0 Å². The smallest absolute Gasteiger partial charge is 0.247 e. The molecule has 1 N–H and O–H groups in total. The van der Waals surface area contributed by atoms with Gasteiger partial charge in [0, 0.05) is 17.9 Å². The molecule has 0 saturated carbocycles. The first-order valence-electron chi connectivity index (χ1n) is 11.3. The number of para-hydroxylation sites is 1. The number of carbonyl (C=O) groups is 2. The lowest BCUT2D eigenvalue weighted by Gasteiger charge is -2.24. The highest BCUT2D eigenvalue weighted by molar-refractivity contribution is 8.14. The minimum Gasteiger partial charge on any atom is -0.277 e. The highest BCUT2D eigenvalue weighted by Crippen LogP contribution is 2.38. The maximum Gasteiger partial charge on any atom is 0.247 e. The molecule has 0 aromatic heterocycles. The molecule has 5 rings (SSSR count). The van der Waals surface area contributed by atoms with E-state index in [9.17, 15) is 9.59 Å². The number of hydrazone groups is 1. The van der Waals surface area contributed by atoms with Gasteiger partial charge in [-0.05, 0) is 42.3 Å². The van der Waals surface area contributed by atoms with E-state index in [4.69, 9.17) is 22.1 Å². The average molecular weight is 503 g/mol. The summed E-state index contributed by atoms with van der Waals surface area (Å²) < 4.78 is 0. The molecule has 2 aliphatic heterocycles. The van der Waals surface area contributed by atoms with Gasteiger partial charge in [0.15, 0.2) is 5.17 Å². The zero-order valence-electron chi connectivity index (χ0n) is 19.0. The zero-order chi connectivity index (χ0) is 24.5. The Morgan fingerprint density at radius 2 is 1.66 bits per heavy atom. The van der Waals surface area contributed by atoms with Crippen molar-refractivity contribution in [3.63, 3.8) is 0 Å². The Hall–Kier alpha value is -3.42. The van der Waals surface area contributed by atoms with E-state index < -0.39 is 5.25 Å². The molecule has 35 heavy (non-hydrogen) atoms. The van der Waals surface area contributed by atoms with Crippen LogP contribution in [0.2, 0.25) is 5.02 Å². The summed E-state index contributed by atoms with van der Waals surface area (Å²) >= 11 is 7.18. The number of imide groups is 1. The third kappa shape index (κ3) is 4.74. The number of anilines is 1. The molecule has 2 aliphatic rings. The predicted octanol–water partition coefficient (Wildman–Crippen LogP) is 5.80. The topological polar surface area (TPSA) is 76.8 Å². The van der Waals surface area contributed by atoms with E-state index in [2.05, 4.69) is 0 Å². The quantitative estimate of drug-likeness (QED) is 0.278. The molecule has 6 nitrogen and oxygen atoms in total. The van der Waals surface area contributed by atoms with Crippen molar-refractivity contribution in [3.8, 4) is 0 Å². The van der Waals surface area contributed by atoms with Crippen LogP contribution in [0.3, 0.4) is 0 Å². The van der Waals surface area contributed by atoms with Gasteiger partial charge in [-0.3, -0.25) is 15.0 Å². The number of halogens is 1. The number of benzene rings is 3. The molecule has 2 heterocycles. The number of amidine groups is 1. The van der Waals surface area contributed by atoms with Crippen LogP contribution in [0.5, 0.6) is 0 Å². The summed E-state index contributed by atoms with van der Waals surface area (Å²) in [5.41, 5.74) is 4.56. The normalized spacial score (nSPS) is 19.9. The van der Waals surface area contributed by atoms with Crippen LogP contribution in [0, 0.1) is 12.3 Å². The van der Waals surface area contributed by atoms with Gasteiger partial charge in [-0.1, -0.05) is 83.5 Å². The Balaban J connectivity index is 1.40. The third-order valence-corrected chi connectivity index (χ3v) is 7.45. The lowest BCUT2D eigenvalue weighted by molar-refractivity contribution is -0.121. The highest BCUT2D eigenvalue weighted by atomic mass is 35.5. The summed E-state index contributed by atoms with van der Waals surface area (Å²) in [4.78, 5) is 27.0. The van der Waals surface area contributed by atoms with Crippen molar-refractivity contribution in [1.29, 1.82) is 5.41 Å². The molecule has 8 heteroatoms. The van der Waals surface area contributed by atoms with Crippen molar-refractivity contribution in [2.24, 2.45) is 5.10 Å². The molecule has 0 radical (unpaired) electrons. The Kier molecular flexibility index (Phi) is 6.45. The van der Waals surface area contributed by atoms with Crippen LogP contribution >= 0.6 is 23.4 Å². The van der Waals surface area contributed by atoms with Crippen LogP contribution in [-0.4, -0.2) is 33.0 Å². The van der Waals surface area contributed by atoms with Crippen molar-refractivity contribution in [1.82, 2.24) is 5.01 Å². The van der Waals surface area contributed by atoms with Gasteiger partial charge < -0.3 is 0 Å². The summed E-state index contributed by atoms with van der Waals surface area (Å²) in [5.74, 6) is -0.563. The SMILES string of the molecule is Cc1ccc(C2=NN(C(=N)S[C@@H]3CC(=O)N(c4ccccc4)C3=O)[C@H](c3ccc(Cl)cc3)C2)cc1. The molecule has 3 aromatic rings. The van der Waals surface area contributed by atoms with Crippen LogP contribution in [0.15, 0.2) is 84.0 Å². The number of carbonyl (C=O) groups excluding carboxylic acids is 2. The van der Waals surface area contributed by atoms with Crippen molar-refractivity contribution >= 4 is 51.7 Å². The molecule has 0 bridgehead atoms. The van der Waals surface area contributed by atoms with E-state index >= 15 is 0 Å². The van der Waals surface area contributed by atoms with Crippen molar-refractivity contribution in [2.45, 2.75) is 31.1 Å². The van der Waals surface area contributed by atoms with Gasteiger partial charge in [0.2, 0.25) is 11.8 Å². The second kappa shape index (κ2) is 9.68. The Morgan fingerprint density at radius 1 is 0.971 bits per heavy atom. The van der Waals surface area contributed by atoms with E-state index in [0.717, 1.165) is 34.2 Å². The fourth-order valence-corrected chi connectivity index (χ4v) is 5.40. The number of amides is 2. The summed E-state index contributed by atoms with van der Waals surface area (Å²) in [5, 5.41) is 15.4. The van der Waals surface area contributed by atoms with Gasteiger partial charge in [0.1, 0.15) is 5.25 Å². The van der Waals surface area contributed by atoms with E-state index in [-0.39, 0.29) is 29.4 Å². The molecule has 0 aliphatic carbocycles. The van der Waals surface area contributed by atoms with Crippen LogP contribution in [0.25, 0.3) is 0 Å². The predicted molar refractivity (Wildman–Crippen MR) is 141 cm³/mol. The number of hydrogen-bond acceptors (Lipinski definition) is 5. The lowest BCUT2D eigenvalue weighted by atomic mass is 9.98. The summed E-state index contributed by atoms with van der Waals surface area (Å²) in [7, 11) is 0. The van der Waals surface area contributed by atoms with E-state index in [1.165, 1.54) is 4.90 Å². The lowest BCUT2D eigenvalue weighted by Crippen LogP contribution is -2.32. The number of hydrogen-bond donors (Lipinski definition) is 1. The van der Waals surface area contributed by atoms with Crippen molar-refractivity contribution in [3.05, 3.63) is 101 Å². The number of thioether (sulfide) groups is 1. The molecule has 1 saturated heterocycles. The second-order valence-electron chi connectivity index (χ2n) is 8.55. The molecule has 2 atom stereocenters. The Bertz CT molecular complexity index is 1310. The van der Waals surface area contributed by atoms with E-state index in [1.54, 1.807) is 29.3 Å². The molecule has 2 amide bonds. The van der Waals surface area contributed by atoms with Crippen LogP contribution < -0.4 is 4.90 Å². The number of nitrogens with zero attached hydrogens (tertiary/aromatic N) is 3. The second-order valence-corrected chi connectivity index (χ2v) is 10.2. The van der Waals surface area contributed by atoms with Gasteiger partial charge in [-0.2, -0.15) is 5.10 Å². The molecule has 1 fully saturated rings.